The van der Waals surface area contributed by atoms with Crippen molar-refractivity contribution in [1.29, 1.82) is 0 Å². The van der Waals surface area contributed by atoms with Crippen molar-refractivity contribution in [3.05, 3.63) is 24.3 Å². The topological polar surface area (TPSA) is 26.3 Å². The third-order valence-electron chi connectivity index (χ3n) is 2.79. The van der Waals surface area contributed by atoms with Crippen LogP contribution in [0.5, 0.6) is 0 Å². The average Bonchev–Trinajstić information content (AvgIpc) is 2.35. The van der Waals surface area contributed by atoms with Gasteiger partial charge in [0.15, 0.2) is 6.61 Å². The highest BCUT2D eigenvalue weighted by atomic mass is 16.5. The normalized spacial score (nSPS) is 13.0. The number of allylic oxidation sites excluding steroid dienone is 3. The molecule has 0 saturated carbocycles. The van der Waals surface area contributed by atoms with Gasteiger partial charge in [-0.1, -0.05) is 64.2 Å². The van der Waals surface area contributed by atoms with Crippen molar-refractivity contribution in [3.8, 4) is 12.3 Å². The highest BCUT2D eigenvalue weighted by Gasteiger charge is 2.00. The van der Waals surface area contributed by atoms with Gasteiger partial charge in [0.1, 0.15) is 0 Å². The van der Waals surface area contributed by atoms with E-state index in [0.29, 0.717) is 5.92 Å². The Morgan fingerprint density at radius 2 is 2.00 bits per heavy atom. The highest BCUT2D eigenvalue weighted by molar-refractivity contribution is 5.82. The molecule has 0 radical (unpaired) electrons. The minimum atomic E-state index is -0.396. The first kappa shape index (κ1) is 17.5. The van der Waals surface area contributed by atoms with E-state index in [4.69, 9.17) is 11.2 Å². The van der Waals surface area contributed by atoms with E-state index >= 15 is 0 Å². The molecule has 0 fully saturated rings. The number of carbonyl (C=O) groups excluding carboxylic acids is 1. The van der Waals surface area contributed by atoms with E-state index < -0.39 is 5.97 Å². The molecule has 1 unspecified atom stereocenters. The molecule has 0 rings (SSSR count). The second-order valence-electron chi connectivity index (χ2n) is 5.26. The molecule has 19 heavy (non-hydrogen) atoms. The summed E-state index contributed by atoms with van der Waals surface area (Å²) in [7, 11) is 0. The zero-order valence-corrected chi connectivity index (χ0v) is 12.4. The van der Waals surface area contributed by atoms with Gasteiger partial charge in [0, 0.05) is 6.08 Å². The molecule has 0 spiro atoms. The first-order chi connectivity index (χ1) is 9.06. The SMILES string of the molecule is C#CCOC(=O)/C=C/C=C/CC(C)CCCC(C)C. The van der Waals surface area contributed by atoms with Crippen molar-refractivity contribution >= 4 is 5.97 Å². The molecule has 106 valence electrons. The largest absolute Gasteiger partial charge is 0.449 e. The van der Waals surface area contributed by atoms with Gasteiger partial charge in [0.05, 0.1) is 0 Å². The van der Waals surface area contributed by atoms with Crippen LogP contribution in [-0.2, 0) is 9.53 Å². The van der Waals surface area contributed by atoms with Crippen molar-refractivity contribution in [2.45, 2.75) is 46.5 Å². The van der Waals surface area contributed by atoms with E-state index in [-0.39, 0.29) is 6.61 Å². The molecule has 0 aliphatic heterocycles. The van der Waals surface area contributed by atoms with Gasteiger partial charge in [-0.15, -0.1) is 6.42 Å². The Labute approximate surface area is 117 Å². The van der Waals surface area contributed by atoms with Crippen LogP contribution in [0.4, 0.5) is 0 Å². The Morgan fingerprint density at radius 3 is 2.63 bits per heavy atom. The van der Waals surface area contributed by atoms with E-state index in [1.807, 2.05) is 6.08 Å². The fourth-order valence-electron chi connectivity index (χ4n) is 1.68. The van der Waals surface area contributed by atoms with Crippen LogP contribution in [0.1, 0.15) is 46.5 Å². The predicted molar refractivity (Wildman–Crippen MR) is 80.5 cm³/mol. The van der Waals surface area contributed by atoms with Gasteiger partial charge in [-0.2, -0.15) is 0 Å². The molecule has 1 atom stereocenters. The maximum atomic E-state index is 11.1. The lowest BCUT2D eigenvalue weighted by molar-refractivity contribution is -0.136. The van der Waals surface area contributed by atoms with Gasteiger partial charge < -0.3 is 4.74 Å². The Kier molecular flexibility index (Phi) is 10.7. The summed E-state index contributed by atoms with van der Waals surface area (Å²) in [5, 5.41) is 0. The van der Waals surface area contributed by atoms with Crippen molar-refractivity contribution in [2.75, 3.05) is 6.61 Å². The minimum Gasteiger partial charge on any atom is -0.449 e. The Morgan fingerprint density at radius 1 is 1.26 bits per heavy atom. The second kappa shape index (κ2) is 11.6. The van der Waals surface area contributed by atoms with Crippen molar-refractivity contribution in [2.24, 2.45) is 11.8 Å². The molecule has 0 aromatic rings. The molecule has 0 bridgehead atoms. The summed E-state index contributed by atoms with van der Waals surface area (Å²) in [5.74, 6) is 3.33. The molecule has 0 amide bonds. The van der Waals surface area contributed by atoms with Gasteiger partial charge >= 0.3 is 5.97 Å². The number of rotatable bonds is 9. The summed E-state index contributed by atoms with van der Waals surface area (Å²) >= 11 is 0. The lowest BCUT2D eigenvalue weighted by Crippen LogP contribution is -1.99. The summed E-state index contributed by atoms with van der Waals surface area (Å²) in [4.78, 5) is 11.1. The molecule has 0 heterocycles. The smallest absolute Gasteiger partial charge is 0.331 e. The van der Waals surface area contributed by atoms with Crippen LogP contribution in [0.2, 0.25) is 0 Å². The summed E-state index contributed by atoms with van der Waals surface area (Å²) in [5.41, 5.74) is 0. The lowest BCUT2D eigenvalue weighted by atomic mass is 9.97. The monoisotopic (exact) mass is 262 g/mol. The van der Waals surface area contributed by atoms with E-state index in [1.54, 1.807) is 6.08 Å². The van der Waals surface area contributed by atoms with Gasteiger partial charge in [0.25, 0.3) is 0 Å². The van der Waals surface area contributed by atoms with Crippen molar-refractivity contribution in [3.63, 3.8) is 0 Å². The molecule has 0 N–H and O–H groups in total. The average molecular weight is 262 g/mol. The summed E-state index contributed by atoms with van der Waals surface area (Å²) in [6.07, 6.45) is 16.9. The van der Waals surface area contributed by atoms with Gasteiger partial charge in [-0.25, -0.2) is 4.79 Å². The van der Waals surface area contributed by atoms with Crippen LogP contribution in [0.15, 0.2) is 24.3 Å². The van der Waals surface area contributed by atoms with Crippen LogP contribution < -0.4 is 0 Å². The summed E-state index contributed by atoms with van der Waals surface area (Å²) in [6.45, 7) is 6.80. The fraction of sp³-hybridized carbons (Fsp3) is 0.588. The quantitative estimate of drug-likeness (QED) is 0.270. The van der Waals surface area contributed by atoms with E-state index in [9.17, 15) is 4.79 Å². The number of ether oxygens (including phenoxy) is 1. The first-order valence-electron chi connectivity index (χ1n) is 6.99. The molecular weight excluding hydrogens is 236 g/mol. The van der Waals surface area contributed by atoms with Crippen LogP contribution in [-0.4, -0.2) is 12.6 Å². The van der Waals surface area contributed by atoms with Gasteiger partial charge in [0.2, 0.25) is 0 Å². The minimum absolute atomic E-state index is 0.0276. The van der Waals surface area contributed by atoms with Crippen LogP contribution in [0, 0.1) is 24.2 Å². The van der Waals surface area contributed by atoms with Crippen molar-refractivity contribution in [1.82, 2.24) is 0 Å². The van der Waals surface area contributed by atoms with Crippen LogP contribution in [0.25, 0.3) is 0 Å². The standard InChI is InChI=1S/C17H26O2/c1-5-14-19-17(18)13-8-6-7-11-16(4)12-9-10-15(2)3/h1,6-8,13,15-16H,9-12,14H2,2-4H3/b7-6+,13-8+. The van der Waals surface area contributed by atoms with E-state index in [2.05, 4.69) is 32.8 Å². The molecule has 0 aliphatic carbocycles. The zero-order chi connectivity index (χ0) is 14.5. The maximum absolute atomic E-state index is 11.1. The lowest BCUT2D eigenvalue weighted by Gasteiger charge is -2.09. The third kappa shape index (κ3) is 12.8. The number of terminal acetylenes is 1. The van der Waals surface area contributed by atoms with Crippen molar-refractivity contribution < 1.29 is 9.53 Å². The molecule has 2 nitrogen and oxygen atoms in total. The number of carbonyl (C=O) groups is 1. The summed E-state index contributed by atoms with van der Waals surface area (Å²) in [6, 6.07) is 0. The third-order valence-corrected chi connectivity index (χ3v) is 2.79. The molecule has 0 aliphatic rings. The molecule has 0 saturated heterocycles. The molecule has 0 aromatic heterocycles. The Hall–Kier alpha value is -1.49. The molecular formula is C17H26O2. The number of esters is 1. The Balaban J connectivity index is 3.69. The van der Waals surface area contributed by atoms with Gasteiger partial charge in [-0.3, -0.25) is 0 Å². The van der Waals surface area contributed by atoms with Crippen LogP contribution in [0.3, 0.4) is 0 Å². The molecule has 2 heteroatoms. The van der Waals surface area contributed by atoms with Crippen LogP contribution >= 0.6 is 0 Å². The molecule has 0 aromatic carbocycles. The Bertz CT molecular complexity index is 332. The zero-order valence-electron chi connectivity index (χ0n) is 12.4. The predicted octanol–water partition coefficient (Wildman–Crippen LogP) is 4.13. The summed E-state index contributed by atoms with van der Waals surface area (Å²) < 4.78 is 4.70. The number of hydrogen-bond acceptors (Lipinski definition) is 2. The first-order valence-corrected chi connectivity index (χ1v) is 6.99. The van der Waals surface area contributed by atoms with E-state index in [0.717, 1.165) is 12.3 Å². The maximum Gasteiger partial charge on any atom is 0.331 e. The van der Waals surface area contributed by atoms with Gasteiger partial charge in [-0.05, 0) is 18.3 Å². The van der Waals surface area contributed by atoms with E-state index in [1.165, 1.54) is 25.3 Å². The fourth-order valence-corrected chi connectivity index (χ4v) is 1.68. The number of hydrogen-bond donors (Lipinski definition) is 0. The second-order valence-corrected chi connectivity index (χ2v) is 5.26. The highest BCUT2D eigenvalue weighted by Crippen LogP contribution is 2.15.